The highest BCUT2D eigenvalue weighted by Gasteiger charge is 2.07. The van der Waals surface area contributed by atoms with Crippen LogP contribution in [0, 0.1) is 0 Å². The summed E-state index contributed by atoms with van der Waals surface area (Å²) < 4.78 is 4.54. The molecule has 0 aliphatic rings. The molecule has 0 bridgehead atoms. The molecule has 2 aromatic rings. The normalized spacial score (nSPS) is 10.1. The number of nitrogens with zero attached hydrogens (tertiary/aromatic N) is 2. The first-order chi connectivity index (χ1) is 6.81. The topological polar surface area (TPSA) is 52.1 Å². The van der Waals surface area contributed by atoms with Gasteiger partial charge in [0.25, 0.3) is 0 Å². The zero-order valence-electron chi connectivity index (χ0n) is 7.60. The van der Waals surface area contributed by atoms with E-state index in [0.29, 0.717) is 0 Å². The van der Waals surface area contributed by atoms with Crippen LogP contribution in [0.15, 0.2) is 30.3 Å². The first-order valence-electron chi connectivity index (χ1n) is 4.12. The van der Waals surface area contributed by atoms with Crippen molar-refractivity contribution in [3.05, 3.63) is 36.0 Å². The number of rotatable bonds is 1. The lowest BCUT2D eigenvalue weighted by Gasteiger charge is -1.98. The third kappa shape index (κ3) is 1.42. The Bertz CT molecular complexity index is 482. The monoisotopic (exact) mass is 188 g/mol. The van der Waals surface area contributed by atoms with Crippen LogP contribution in [0.3, 0.4) is 0 Å². The Morgan fingerprint density at radius 2 is 2.07 bits per heavy atom. The number of carbonyl (C=O) groups is 1. The van der Waals surface area contributed by atoms with Crippen LogP contribution < -0.4 is 0 Å². The number of esters is 1. The molecular weight excluding hydrogens is 180 g/mol. The average molecular weight is 188 g/mol. The van der Waals surface area contributed by atoms with E-state index in [4.69, 9.17) is 0 Å². The zero-order chi connectivity index (χ0) is 9.97. The minimum Gasteiger partial charge on any atom is -0.464 e. The number of methoxy groups -OCH3 is 1. The Balaban J connectivity index is 2.56. The van der Waals surface area contributed by atoms with Gasteiger partial charge in [0.15, 0.2) is 5.69 Å². The highest BCUT2D eigenvalue weighted by molar-refractivity contribution is 5.91. The van der Waals surface area contributed by atoms with Crippen molar-refractivity contribution in [2.75, 3.05) is 7.11 Å². The average Bonchev–Trinajstić information content (AvgIpc) is 2.27. The molecule has 2 rings (SSSR count). The van der Waals surface area contributed by atoms with Crippen molar-refractivity contribution >= 4 is 16.9 Å². The van der Waals surface area contributed by atoms with E-state index < -0.39 is 5.97 Å². The van der Waals surface area contributed by atoms with Gasteiger partial charge in [-0.1, -0.05) is 18.2 Å². The summed E-state index contributed by atoms with van der Waals surface area (Å²) in [5, 5.41) is 8.53. The van der Waals surface area contributed by atoms with Gasteiger partial charge < -0.3 is 4.74 Å². The predicted molar refractivity (Wildman–Crippen MR) is 50.9 cm³/mol. The maximum absolute atomic E-state index is 11.1. The molecule has 0 radical (unpaired) electrons. The molecule has 0 saturated heterocycles. The van der Waals surface area contributed by atoms with Crippen LogP contribution in [0.5, 0.6) is 0 Å². The summed E-state index contributed by atoms with van der Waals surface area (Å²) in [5.74, 6) is -0.469. The highest BCUT2D eigenvalue weighted by atomic mass is 16.5. The Kier molecular flexibility index (Phi) is 2.10. The molecular formula is C10H8N2O2. The Morgan fingerprint density at radius 3 is 2.86 bits per heavy atom. The van der Waals surface area contributed by atoms with E-state index in [0.717, 1.165) is 10.9 Å². The van der Waals surface area contributed by atoms with Crippen LogP contribution >= 0.6 is 0 Å². The summed E-state index contributed by atoms with van der Waals surface area (Å²) in [6.45, 7) is 0. The molecule has 1 aromatic heterocycles. The fourth-order valence-electron chi connectivity index (χ4n) is 1.19. The van der Waals surface area contributed by atoms with Gasteiger partial charge in [0.05, 0.1) is 12.6 Å². The molecule has 0 fully saturated rings. The van der Waals surface area contributed by atoms with E-state index >= 15 is 0 Å². The molecule has 0 atom stereocenters. The molecule has 1 heterocycles. The summed E-state index contributed by atoms with van der Waals surface area (Å²) in [5.41, 5.74) is 0.992. The first kappa shape index (κ1) is 8.62. The highest BCUT2D eigenvalue weighted by Crippen LogP contribution is 2.10. The Labute approximate surface area is 80.5 Å². The Hall–Kier alpha value is -1.97. The maximum Gasteiger partial charge on any atom is 0.358 e. The summed E-state index contributed by atoms with van der Waals surface area (Å²) in [6.07, 6.45) is 0. The van der Waals surface area contributed by atoms with E-state index in [1.165, 1.54) is 7.11 Å². The van der Waals surface area contributed by atoms with Crippen LogP contribution in [-0.4, -0.2) is 23.3 Å². The zero-order valence-corrected chi connectivity index (χ0v) is 7.60. The number of ether oxygens (including phenoxy) is 1. The van der Waals surface area contributed by atoms with Gasteiger partial charge in [0.1, 0.15) is 0 Å². The van der Waals surface area contributed by atoms with Crippen molar-refractivity contribution in [1.29, 1.82) is 0 Å². The van der Waals surface area contributed by atoms with E-state index in [1.807, 2.05) is 24.3 Å². The quantitative estimate of drug-likeness (QED) is 0.635. The van der Waals surface area contributed by atoms with Gasteiger partial charge in [-0.15, -0.1) is 10.2 Å². The van der Waals surface area contributed by atoms with Gasteiger partial charge in [-0.3, -0.25) is 0 Å². The van der Waals surface area contributed by atoms with E-state index in [2.05, 4.69) is 14.9 Å². The first-order valence-corrected chi connectivity index (χ1v) is 4.12. The second-order valence-corrected chi connectivity index (χ2v) is 2.78. The van der Waals surface area contributed by atoms with Gasteiger partial charge in [-0.05, 0) is 12.1 Å². The second kappa shape index (κ2) is 3.41. The van der Waals surface area contributed by atoms with Crippen LogP contribution in [0.4, 0.5) is 0 Å². The lowest BCUT2D eigenvalue weighted by Crippen LogP contribution is -2.05. The number of benzene rings is 1. The second-order valence-electron chi connectivity index (χ2n) is 2.78. The van der Waals surface area contributed by atoms with Gasteiger partial charge in [0, 0.05) is 5.39 Å². The van der Waals surface area contributed by atoms with Crippen LogP contribution in [0.2, 0.25) is 0 Å². The van der Waals surface area contributed by atoms with E-state index in [1.54, 1.807) is 6.07 Å². The number of fused-ring (bicyclic) bond motifs is 1. The largest absolute Gasteiger partial charge is 0.464 e. The number of hydrogen-bond acceptors (Lipinski definition) is 4. The lowest BCUT2D eigenvalue weighted by molar-refractivity contribution is 0.0593. The molecule has 0 aliphatic carbocycles. The molecule has 14 heavy (non-hydrogen) atoms. The molecule has 0 aliphatic heterocycles. The summed E-state index contributed by atoms with van der Waals surface area (Å²) >= 11 is 0. The van der Waals surface area contributed by atoms with E-state index in [9.17, 15) is 4.79 Å². The SMILES string of the molecule is COC(=O)c1cc2ccccc2nn1. The molecule has 4 nitrogen and oxygen atoms in total. The predicted octanol–water partition coefficient (Wildman–Crippen LogP) is 1.42. The van der Waals surface area contributed by atoms with Gasteiger partial charge in [0.2, 0.25) is 0 Å². The molecule has 0 spiro atoms. The van der Waals surface area contributed by atoms with Crippen molar-refractivity contribution < 1.29 is 9.53 Å². The molecule has 0 N–H and O–H groups in total. The molecule has 4 heteroatoms. The lowest BCUT2D eigenvalue weighted by atomic mass is 10.2. The van der Waals surface area contributed by atoms with Crippen molar-refractivity contribution in [2.24, 2.45) is 0 Å². The van der Waals surface area contributed by atoms with Crippen LogP contribution in [-0.2, 0) is 4.74 Å². The Morgan fingerprint density at radius 1 is 1.29 bits per heavy atom. The third-order valence-corrected chi connectivity index (χ3v) is 1.89. The minimum atomic E-state index is -0.469. The van der Waals surface area contributed by atoms with E-state index in [-0.39, 0.29) is 5.69 Å². The minimum absolute atomic E-state index is 0.228. The molecule has 70 valence electrons. The summed E-state index contributed by atoms with van der Waals surface area (Å²) in [6, 6.07) is 9.12. The maximum atomic E-state index is 11.1. The number of hydrogen-bond donors (Lipinski definition) is 0. The number of carbonyl (C=O) groups excluding carboxylic acids is 1. The molecule has 0 saturated carbocycles. The standard InChI is InChI=1S/C10H8N2O2/c1-14-10(13)9-6-7-4-2-3-5-8(7)11-12-9/h2-6H,1H3. The summed E-state index contributed by atoms with van der Waals surface area (Å²) in [7, 11) is 1.32. The van der Waals surface area contributed by atoms with Crippen LogP contribution in [0.1, 0.15) is 10.5 Å². The molecule has 0 amide bonds. The summed E-state index contributed by atoms with van der Waals surface area (Å²) in [4.78, 5) is 11.1. The van der Waals surface area contributed by atoms with Gasteiger partial charge in [-0.2, -0.15) is 0 Å². The van der Waals surface area contributed by atoms with Crippen molar-refractivity contribution in [2.45, 2.75) is 0 Å². The van der Waals surface area contributed by atoms with Crippen molar-refractivity contribution in [3.8, 4) is 0 Å². The smallest absolute Gasteiger partial charge is 0.358 e. The molecule has 0 unspecified atom stereocenters. The van der Waals surface area contributed by atoms with Crippen LogP contribution in [0.25, 0.3) is 10.9 Å². The van der Waals surface area contributed by atoms with Gasteiger partial charge >= 0.3 is 5.97 Å². The fraction of sp³-hybridized carbons (Fsp3) is 0.100. The molecule has 1 aromatic carbocycles. The fourth-order valence-corrected chi connectivity index (χ4v) is 1.19. The number of aromatic nitrogens is 2. The van der Waals surface area contributed by atoms with Gasteiger partial charge in [-0.25, -0.2) is 4.79 Å². The van der Waals surface area contributed by atoms with Crippen molar-refractivity contribution in [1.82, 2.24) is 10.2 Å². The van der Waals surface area contributed by atoms with Crippen molar-refractivity contribution in [3.63, 3.8) is 0 Å². The third-order valence-electron chi connectivity index (χ3n) is 1.89.